The van der Waals surface area contributed by atoms with Crippen LogP contribution < -0.4 is 5.32 Å². The van der Waals surface area contributed by atoms with Gasteiger partial charge >= 0.3 is 0 Å². The number of hydrogen-bond donors (Lipinski definition) is 1. The van der Waals surface area contributed by atoms with Crippen LogP contribution in [0.4, 0.5) is 0 Å². The zero-order chi connectivity index (χ0) is 12.1. The molecule has 3 aliphatic carbocycles. The molecule has 18 heavy (non-hydrogen) atoms. The molecule has 4 aliphatic rings. The molecule has 0 aromatic heterocycles. The van der Waals surface area contributed by atoms with Crippen molar-refractivity contribution in [1.82, 2.24) is 5.32 Å². The summed E-state index contributed by atoms with van der Waals surface area (Å²) in [6, 6.07) is 0.849. The van der Waals surface area contributed by atoms with Crippen molar-refractivity contribution in [3.63, 3.8) is 0 Å². The minimum Gasteiger partial charge on any atom is -0.378 e. The molecule has 0 aromatic carbocycles. The normalized spacial score (nSPS) is 54.2. The maximum atomic E-state index is 5.67. The predicted octanol–water partition coefficient (Wildman–Crippen LogP) is 2.83. The molecule has 7 unspecified atom stereocenters. The van der Waals surface area contributed by atoms with Crippen molar-refractivity contribution in [1.29, 1.82) is 0 Å². The Morgan fingerprint density at radius 1 is 1.06 bits per heavy atom. The highest BCUT2D eigenvalue weighted by Crippen LogP contribution is 2.58. The molecule has 2 nitrogen and oxygen atoms in total. The van der Waals surface area contributed by atoms with E-state index in [1.54, 1.807) is 12.8 Å². The Kier molecular flexibility index (Phi) is 2.92. The summed E-state index contributed by atoms with van der Waals surface area (Å²) in [4.78, 5) is 0. The third-order valence-electron chi connectivity index (χ3n) is 6.60. The monoisotopic (exact) mass is 249 g/mol. The highest BCUT2D eigenvalue weighted by Gasteiger charge is 2.53. The summed E-state index contributed by atoms with van der Waals surface area (Å²) in [7, 11) is 0. The molecule has 4 rings (SSSR count). The molecule has 1 heterocycles. The van der Waals surface area contributed by atoms with Crippen molar-refractivity contribution in [2.45, 2.75) is 57.6 Å². The Labute approximate surface area is 111 Å². The number of rotatable bonds is 3. The largest absolute Gasteiger partial charge is 0.378 e. The van der Waals surface area contributed by atoms with E-state index in [1.807, 2.05) is 0 Å². The first-order valence-electron chi connectivity index (χ1n) is 8.18. The van der Waals surface area contributed by atoms with Crippen molar-refractivity contribution in [2.75, 3.05) is 13.2 Å². The van der Waals surface area contributed by atoms with E-state index in [4.69, 9.17) is 4.74 Å². The SMILES string of the molecule is CC1OCCC1CNC1CC2CC1C1CCCC21. The van der Waals surface area contributed by atoms with Crippen molar-refractivity contribution in [3.05, 3.63) is 0 Å². The van der Waals surface area contributed by atoms with E-state index < -0.39 is 0 Å². The van der Waals surface area contributed by atoms with Gasteiger partial charge < -0.3 is 10.1 Å². The van der Waals surface area contributed by atoms with Gasteiger partial charge in [0.15, 0.2) is 0 Å². The van der Waals surface area contributed by atoms with Gasteiger partial charge in [-0.2, -0.15) is 0 Å². The predicted molar refractivity (Wildman–Crippen MR) is 72.4 cm³/mol. The average Bonchev–Trinajstić information content (AvgIpc) is 3.08. The highest BCUT2D eigenvalue weighted by atomic mass is 16.5. The van der Waals surface area contributed by atoms with Crippen LogP contribution in [0.1, 0.15) is 45.4 Å². The van der Waals surface area contributed by atoms with Crippen LogP contribution in [0.25, 0.3) is 0 Å². The lowest BCUT2D eigenvalue weighted by atomic mass is 9.79. The van der Waals surface area contributed by atoms with E-state index in [0.29, 0.717) is 6.10 Å². The minimum atomic E-state index is 0.482. The number of fused-ring (bicyclic) bond motifs is 5. The topological polar surface area (TPSA) is 21.3 Å². The van der Waals surface area contributed by atoms with Gasteiger partial charge in [-0.25, -0.2) is 0 Å². The first-order chi connectivity index (χ1) is 8.83. The lowest BCUT2D eigenvalue weighted by Gasteiger charge is -2.33. The lowest BCUT2D eigenvalue weighted by molar-refractivity contribution is 0.103. The number of ether oxygens (including phenoxy) is 1. The lowest BCUT2D eigenvalue weighted by Crippen LogP contribution is -2.42. The second kappa shape index (κ2) is 4.49. The van der Waals surface area contributed by atoms with Gasteiger partial charge in [0.05, 0.1) is 6.10 Å². The Morgan fingerprint density at radius 2 is 1.94 bits per heavy atom. The number of nitrogens with one attached hydrogen (secondary N) is 1. The van der Waals surface area contributed by atoms with Crippen LogP contribution in [0.15, 0.2) is 0 Å². The summed E-state index contributed by atoms with van der Waals surface area (Å²) < 4.78 is 5.67. The summed E-state index contributed by atoms with van der Waals surface area (Å²) in [6.07, 6.45) is 9.37. The summed E-state index contributed by atoms with van der Waals surface area (Å²) >= 11 is 0. The molecule has 4 fully saturated rings. The van der Waals surface area contributed by atoms with Crippen LogP contribution >= 0.6 is 0 Å². The van der Waals surface area contributed by atoms with Crippen LogP contribution in [0.3, 0.4) is 0 Å². The van der Waals surface area contributed by atoms with E-state index in [9.17, 15) is 0 Å². The van der Waals surface area contributed by atoms with Crippen LogP contribution in [0, 0.1) is 29.6 Å². The molecule has 1 aliphatic heterocycles. The second-order valence-corrected chi connectivity index (χ2v) is 7.29. The third-order valence-corrected chi connectivity index (χ3v) is 6.60. The van der Waals surface area contributed by atoms with Crippen molar-refractivity contribution in [2.24, 2.45) is 29.6 Å². The molecule has 1 saturated heterocycles. The standard InChI is InChI=1S/C16H27NO/c1-10-11(5-6-18-10)9-17-16-8-12-7-15(16)14-4-2-3-13(12)14/h10-17H,2-9H2,1H3. The molecule has 0 amide bonds. The fourth-order valence-corrected chi connectivity index (χ4v) is 5.65. The van der Waals surface area contributed by atoms with Gasteiger partial charge in [0.2, 0.25) is 0 Å². The maximum absolute atomic E-state index is 5.67. The van der Waals surface area contributed by atoms with E-state index in [1.165, 1.54) is 32.2 Å². The van der Waals surface area contributed by atoms with Crippen molar-refractivity contribution in [3.8, 4) is 0 Å². The smallest absolute Gasteiger partial charge is 0.0588 e. The molecular formula is C16H27NO. The second-order valence-electron chi connectivity index (χ2n) is 7.29. The molecule has 1 N–H and O–H groups in total. The van der Waals surface area contributed by atoms with E-state index in [-0.39, 0.29) is 0 Å². The van der Waals surface area contributed by atoms with E-state index >= 15 is 0 Å². The average molecular weight is 249 g/mol. The van der Waals surface area contributed by atoms with Gasteiger partial charge in [-0.1, -0.05) is 6.42 Å². The Balaban J connectivity index is 1.34. The quantitative estimate of drug-likeness (QED) is 0.830. The molecule has 3 saturated carbocycles. The third kappa shape index (κ3) is 1.76. The van der Waals surface area contributed by atoms with Crippen molar-refractivity contribution >= 4 is 0 Å². The van der Waals surface area contributed by atoms with Crippen LogP contribution in [-0.2, 0) is 4.74 Å². The molecule has 0 radical (unpaired) electrons. The molecule has 2 heteroatoms. The van der Waals surface area contributed by atoms with Crippen LogP contribution in [0.2, 0.25) is 0 Å². The van der Waals surface area contributed by atoms with Gasteiger partial charge in [-0.05, 0) is 68.6 Å². The molecule has 0 spiro atoms. The molecule has 0 aromatic rings. The summed E-state index contributed by atoms with van der Waals surface area (Å²) in [6.45, 7) is 4.43. The summed E-state index contributed by atoms with van der Waals surface area (Å²) in [5.41, 5.74) is 0. The maximum Gasteiger partial charge on any atom is 0.0588 e. The number of hydrogen-bond acceptors (Lipinski definition) is 2. The zero-order valence-corrected chi connectivity index (χ0v) is 11.6. The Bertz CT molecular complexity index is 318. The van der Waals surface area contributed by atoms with Gasteiger partial charge in [0, 0.05) is 19.2 Å². The fourth-order valence-electron chi connectivity index (χ4n) is 5.65. The molecular weight excluding hydrogens is 222 g/mol. The minimum absolute atomic E-state index is 0.482. The van der Waals surface area contributed by atoms with E-state index in [0.717, 1.165) is 42.2 Å². The fraction of sp³-hybridized carbons (Fsp3) is 1.00. The Hall–Kier alpha value is -0.0800. The molecule has 7 atom stereocenters. The van der Waals surface area contributed by atoms with Gasteiger partial charge in [-0.15, -0.1) is 0 Å². The van der Waals surface area contributed by atoms with Crippen LogP contribution in [-0.4, -0.2) is 25.3 Å². The molecule has 2 bridgehead atoms. The van der Waals surface area contributed by atoms with E-state index in [2.05, 4.69) is 12.2 Å². The zero-order valence-electron chi connectivity index (χ0n) is 11.6. The van der Waals surface area contributed by atoms with Crippen molar-refractivity contribution < 1.29 is 4.74 Å². The first kappa shape index (κ1) is 11.7. The van der Waals surface area contributed by atoms with Gasteiger partial charge in [0.25, 0.3) is 0 Å². The van der Waals surface area contributed by atoms with Gasteiger partial charge in [-0.3, -0.25) is 0 Å². The summed E-state index contributed by atoms with van der Waals surface area (Å²) in [5, 5.41) is 3.92. The van der Waals surface area contributed by atoms with Gasteiger partial charge in [0.1, 0.15) is 0 Å². The first-order valence-corrected chi connectivity index (χ1v) is 8.18. The Morgan fingerprint density at radius 3 is 2.78 bits per heavy atom. The van der Waals surface area contributed by atoms with Crippen LogP contribution in [0.5, 0.6) is 0 Å². The molecule has 102 valence electrons. The highest BCUT2D eigenvalue weighted by molar-refractivity contribution is 5.05. The summed E-state index contributed by atoms with van der Waals surface area (Å²) in [5.74, 6) is 5.10.